The number of carbonyl (C=O) groups is 1. The lowest BCUT2D eigenvalue weighted by atomic mass is 10.1. The second-order valence-corrected chi connectivity index (χ2v) is 8.20. The molecule has 0 aromatic heterocycles. The van der Waals surface area contributed by atoms with E-state index < -0.39 is 10.0 Å². The number of sulfonamides is 1. The van der Waals surface area contributed by atoms with Gasteiger partial charge in [0.1, 0.15) is 0 Å². The number of amides is 1. The number of nitrogens with zero attached hydrogens (tertiary/aromatic N) is 1. The van der Waals surface area contributed by atoms with Gasteiger partial charge in [0, 0.05) is 24.7 Å². The number of carbonyl (C=O) groups excluding carboxylic acids is 1. The minimum absolute atomic E-state index is 0.00898. The highest BCUT2D eigenvalue weighted by molar-refractivity contribution is 7.89. The topological polar surface area (TPSA) is 75.7 Å². The van der Waals surface area contributed by atoms with Gasteiger partial charge in [-0.1, -0.05) is 18.9 Å². The van der Waals surface area contributed by atoms with Crippen molar-refractivity contribution in [2.24, 2.45) is 0 Å². The van der Waals surface area contributed by atoms with Gasteiger partial charge in [0.05, 0.1) is 18.1 Å². The first-order chi connectivity index (χ1) is 11.5. The summed E-state index contributed by atoms with van der Waals surface area (Å²) in [6, 6.07) is 4.79. The van der Waals surface area contributed by atoms with Crippen molar-refractivity contribution in [1.82, 2.24) is 9.62 Å². The van der Waals surface area contributed by atoms with Gasteiger partial charge in [-0.15, -0.1) is 0 Å². The number of hydrogen-bond acceptors (Lipinski definition) is 4. The molecule has 1 saturated heterocycles. The summed E-state index contributed by atoms with van der Waals surface area (Å²) in [5.74, 6) is -0.131. The summed E-state index contributed by atoms with van der Waals surface area (Å²) in [5, 5.41) is 0. The first kappa shape index (κ1) is 17.4. The van der Waals surface area contributed by atoms with Gasteiger partial charge in [0.25, 0.3) is 5.91 Å². The van der Waals surface area contributed by atoms with Gasteiger partial charge < -0.3 is 9.64 Å². The summed E-state index contributed by atoms with van der Waals surface area (Å²) in [4.78, 5) is 14.6. The van der Waals surface area contributed by atoms with Crippen LogP contribution in [0.15, 0.2) is 23.1 Å². The first-order valence-electron chi connectivity index (χ1n) is 8.47. The summed E-state index contributed by atoms with van der Waals surface area (Å²) in [6.45, 7) is 3.94. The fourth-order valence-corrected chi connectivity index (χ4v) is 4.60. The molecule has 2 aliphatic rings. The van der Waals surface area contributed by atoms with Crippen molar-refractivity contribution in [2.45, 2.75) is 43.5 Å². The van der Waals surface area contributed by atoms with Gasteiger partial charge in [-0.05, 0) is 37.5 Å². The maximum Gasteiger partial charge on any atom is 0.254 e. The Hall–Kier alpha value is -1.44. The molecular formula is C17H24N2O4S. The summed E-state index contributed by atoms with van der Waals surface area (Å²) in [6.07, 6.45) is 3.87. The largest absolute Gasteiger partial charge is 0.378 e. The van der Waals surface area contributed by atoms with Crippen LogP contribution in [-0.4, -0.2) is 51.6 Å². The number of rotatable bonds is 4. The van der Waals surface area contributed by atoms with E-state index in [2.05, 4.69) is 4.72 Å². The summed E-state index contributed by atoms with van der Waals surface area (Å²) < 4.78 is 33.2. The fraction of sp³-hybridized carbons (Fsp3) is 0.588. The van der Waals surface area contributed by atoms with Gasteiger partial charge >= 0.3 is 0 Å². The Kier molecular flexibility index (Phi) is 5.22. The van der Waals surface area contributed by atoms with Crippen LogP contribution in [0, 0.1) is 6.92 Å². The van der Waals surface area contributed by atoms with Crippen LogP contribution in [0.3, 0.4) is 0 Å². The van der Waals surface area contributed by atoms with Gasteiger partial charge in [0.2, 0.25) is 10.0 Å². The zero-order valence-corrected chi connectivity index (χ0v) is 14.8. The van der Waals surface area contributed by atoms with E-state index in [-0.39, 0.29) is 16.8 Å². The third-order valence-corrected chi connectivity index (χ3v) is 6.24. The fourth-order valence-electron chi connectivity index (χ4n) is 3.27. The van der Waals surface area contributed by atoms with Crippen LogP contribution >= 0.6 is 0 Å². The molecule has 1 aromatic carbocycles. The lowest BCUT2D eigenvalue weighted by Gasteiger charge is -2.27. The molecule has 24 heavy (non-hydrogen) atoms. The Labute approximate surface area is 143 Å². The van der Waals surface area contributed by atoms with E-state index >= 15 is 0 Å². The highest BCUT2D eigenvalue weighted by Gasteiger charge is 2.25. The molecule has 1 aromatic rings. The van der Waals surface area contributed by atoms with Gasteiger partial charge in [-0.3, -0.25) is 4.79 Å². The number of nitrogens with one attached hydrogen (secondary N) is 1. The molecule has 1 heterocycles. The van der Waals surface area contributed by atoms with Crippen LogP contribution < -0.4 is 4.72 Å². The zero-order valence-electron chi connectivity index (χ0n) is 14.0. The van der Waals surface area contributed by atoms with Crippen molar-refractivity contribution in [3.8, 4) is 0 Å². The average Bonchev–Trinajstić information content (AvgIpc) is 3.07. The van der Waals surface area contributed by atoms with Gasteiger partial charge in [-0.25, -0.2) is 13.1 Å². The van der Waals surface area contributed by atoms with Gasteiger partial charge in [0.15, 0.2) is 0 Å². The predicted octanol–water partition coefficient (Wildman–Crippen LogP) is 1.69. The Bertz CT molecular complexity index is 705. The highest BCUT2D eigenvalue weighted by atomic mass is 32.2. The molecule has 2 fully saturated rings. The molecule has 6 nitrogen and oxygen atoms in total. The van der Waals surface area contributed by atoms with Gasteiger partial charge in [-0.2, -0.15) is 0 Å². The minimum Gasteiger partial charge on any atom is -0.378 e. The normalized spacial score (nSPS) is 19.6. The number of benzene rings is 1. The smallest absolute Gasteiger partial charge is 0.254 e. The summed E-state index contributed by atoms with van der Waals surface area (Å²) in [7, 11) is -3.59. The van der Waals surface area contributed by atoms with E-state index in [1.165, 1.54) is 6.07 Å². The van der Waals surface area contributed by atoms with Crippen LogP contribution in [0.5, 0.6) is 0 Å². The number of morpholine rings is 1. The van der Waals surface area contributed by atoms with Crippen molar-refractivity contribution < 1.29 is 17.9 Å². The second-order valence-electron chi connectivity index (χ2n) is 6.48. The molecule has 7 heteroatoms. The van der Waals surface area contributed by atoms with Crippen molar-refractivity contribution in [2.75, 3.05) is 26.3 Å². The average molecular weight is 352 g/mol. The molecule has 1 N–H and O–H groups in total. The maximum absolute atomic E-state index is 12.7. The molecule has 0 spiro atoms. The van der Waals surface area contributed by atoms with Crippen LogP contribution in [0.4, 0.5) is 0 Å². The molecular weight excluding hydrogens is 328 g/mol. The van der Waals surface area contributed by atoms with Crippen LogP contribution in [-0.2, 0) is 14.8 Å². The molecule has 1 saturated carbocycles. The molecule has 0 unspecified atom stereocenters. The lowest BCUT2D eigenvalue weighted by molar-refractivity contribution is 0.0302. The molecule has 3 rings (SSSR count). The number of hydrogen-bond donors (Lipinski definition) is 1. The van der Waals surface area contributed by atoms with Crippen LogP contribution in [0.1, 0.15) is 41.6 Å². The van der Waals surface area contributed by atoms with E-state index in [0.717, 1.165) is 31.2 Å². The molecule has 0 radical (unpaired) electrons. The minimum atomic E-state index is -3.59. The van der Waals surface area contributed by atoms with Crippen molar-refractivity contribution >= 4 is 15.9 Å². The van der Waals surface area contributed by atoms with E-state index in [1.807, 2.05) is 6.92 Å². The van der Waals surface area contributed by atoms with Crippen LogP contribution in [0.25, 0.3) is 0 Å². The maximum atomic E-state index is 12.7. The van der Waals surface area contributed by atoms with Crippen molar-refractivity contribution in [3.05, 3.63) is 29.3 Å². The Morgan fingerprint density at radius 1 is 1.21 bits per heavy atom. The Morgan fingerprint density at radius 2 is 1.88 bits per heavy atom. The van der Waals surface area contributed by atoms with Crippen LogP contribution in [0.2, 0.25) is 0 Å². The standard InChI is InChI=1S/C17H24N2O4S/c1-13-6-7-15(24(21,22)18-14-4-2-3-5-14)12-16(13)17(20)19-8-10-23-11-9-19/h6-7,12,14,18H,2-5,8-11H2,1H3. The summed E-state index contributed by atoms with van der Waals surface area (Å²) in [5.41, 5.74) is 1.23. The molecule has 1 amide bonds. The first-order valence-corrected chi connectivity index (χ1v) is 9.96. The van der Waals surface area contributed by atoms with E-state index in [4.69, 9.17) is 4.74 Å². The molecule has 132 valence electrons. The van der Waals surface area contributed by atoms with E-state index in [0.29, 0.717) is 31.9 Å². The molecule has 1 aliphatic carbocycles. The summed E-state index contributed by atoms with van der Waals surface area (Å²) >= 11 is 0. The monoisotopic (exact) mass is 352 g/mol. The Balaban J connectivity index is 1.83. The number of ether oxygens (including phenoxy) is 1. The third-order valence-electron chi connectivity index (χ3n) is 4.73. The number of aryl methyl sites for hydroxylation is 1. The SMILES string of the molecule is Cc1ccc(S(=O)(=O)NC2CCCC2)cc1C(=O)N1CCOCC1. The lowest BCUT2D eigenvalue weighted by Crippen LogP contribution is -2.41. The van der Waals surface area contributed by atoms with Crippen molar-refractivity contribution in [3.63, 3.8) is 0 Å². The predicted molar refractivity (Wildman–Crippen MR) is 90.5 cm³/mol. The second kappa shape index (κ2) is 7.21. The molecule has 0 bridgehead atoms. The third kappa shape index (κ3) is 3.79. The quantitative estimate of drug-likeness (QED) is 0.895. The zero-order chi connectivity index (χ0) is 17.2. The highest BCUT2D eigenvalue weighted by Crippen LogP contribution is 2.22. The van der Waals surface area contributed by atoms with Crippen molar-refractivity contribution in [1.29, 1.82) is 0 Å². The van der Waals surface area contributed by atoms with E-state index in [1.54, 1.807) is 17.0 Å². The Morgan fingerprint density at radius 3 is 2.54 bits per heavy atom. The molecule has 1 aliphatic heterocycles. The van der Waals surface area contributed by atoms with E-state index in [9.17, 15) is 13.2 Å². The molecule has 0 atom stereocenters.